The number of aromatic nitrogens is 2. The number of hydrogen-bond donors (Lipinski definition) is 1. The molecule has 0 bridgehead atoms. The Morgan fingerprint density at radius 2 is 1.91 bits per heavy atom. The van der Waals surface area contributed by atoms with Crippen LogP contribution in [-0.2, 0) is 0 Å². The summed E-state index contributed by atoms with van der Waals surface area (Å²) >= 11 is 1.39. The number of likely N-dealkylation sites (N-methyl/N-ethyl adjacent to an activating group) is 1. The van der Waals surface area contributed by atoms with Crippen molar-refractivity contribution in [2.24, 2.45) is 0 Å². The standard InChI is InChI=1S/C15H19N5OS/c1-2-19-8-10-20(11-9-19)15(21)16-14-18-17-13(22-14)12-6-4-3-5-7-12/h3-7H,2,8-11H2,1H3,(H,16,18,21). The second kappa shape index (κ2) is 6.85. The molecule has 2 amide bonds. The third-order valence-electron chi connectivity index (χ3n) is 3.77. The van der Waals surface area contributed by atoms with E-state index in [9.17, 15) is 4.79 Å². The average molecular weight is 317 g/mol. The first-order chi connectivity index (χ1) is 10.8. The number of piperazine rings is 1. The van der Waals surface area contributed by atoms with E-state index >= 15 is 0 Å². The van der Waals surface area contributed by atoms with Gasteiger partial charge >= 0.3 is 6.03 Å². The molecule has 0 spiro atoms. The van der Waals surface area contributed by atoms with Gasteiger partial charge in [0.15, 0.2) is 0 Å². The van der Waals surface area contributed by atoms with E-state index in [0.717, 1.165) is 43.3 Å². The minimum absolute atomic E-state index is 0.0912. The summed E-state index contributed by atoms with van der Waals surface area (Å²) in [7, 11) is 0. The average Bonchev–Trinajstić information content (AvgIpc) is 3.04. The van der Waals surface area contributed by atoms with Crippen LogP contribution in [0.1, 0.15) is 6.92 Å². The first kappa shape index (κ1) is 14.9. The van der Waals surface area contributed by atoms with Crippen molar-refractivity contribution in [3.8, 4) is 10.6 Å². The number of carbonyl (C=O) groups is 1. The van der Waals surface area contributed by atoms with E-state index < -0.39 is 0 Å². The lowest BCUT2D eigenvalue weighted by molar-refractivity contribution is 0.151. The molecule has 1 aromatic carbocycles. The fourth-order valence-electron chi connectivity index (χ4n) is 2.41. The van der Waals surface area contributed by atoms with Gasteiger partial charge in [0.2, 0.25) is 5.13 Å². The summed E-state index contributed by atoms with van der Waals surface area (Å²) in [6.45, 7) is 6.53. The monoisotopic (exact) mass is 317 g/mol. The number of carbonyl (C=O) groups excluding carboxylic acids is 1. The number of rotatable bonds is 3. The maximum Gasteiger partial charge on any atom is 0.323 e. The van der Waals surface area contributed by atoms with Crippen molar-refractivity contribution < 1.29 is 4.79 Å². The van der Waals surface area contributed by atoms with E-state index in [1.54, 1.807) is 0 Å². The molecular weight excluding hydrogens is 298 g/mol. The predicted molar refractivity (Wildman–Crippen MR) is 88.1 cm³/mol. The molecule has 0 aliphatic carbocycles. The lowest BCUT2D eigenvalue weighted by Gasteiger charge is -2.33. The van der Waals surface area contributed by atoms with E-state index in [1.807, 2.05) is 35.2 Å². The van der Waals surface area contributed by atoms with Crippen molar-refractivity contribution in [2.75, 3.05) is 38.0 Å². The van der Waals surface area contributed by atoms with Crippen LogP contribution in [-0.4, -0.2) is 58.8 Å². The van der Waals surface area contributed by atoms with Gasteiger partial charge in [0.1, 0.15) is 5.01 Å². The van der Waals surface area contributed by atoms with Gasteiger partial charge in [0.05, 0.1) is 0 Å². The molecule has 1 aliphatic heterocycles. The van der Waals surface area contributed by atoms with Gasteiger partial charge in [0.25, 0.3) is 0 Å². The summed E-state index contributed by atoms with van der Waals surface area (Å²) in [5, 5.41) is 12.4. The molecule has 1 saturated heterocycles. The third-order valence-corrected chi connectivity index (χ3v) is 4.65. The van der Waals surface area contributed by atoms with Crippen molar-refractivity contribution in [1.82, 2.24) is 20.0 Å². The van der Waals surface area contributed by atoms with E-state index in [1.165, 1.54) is 11.3 Å². The Morgan fingerprint density at radius 1 is 1.18 bits per heavy atom. The lowest BCUT2D eigenvalue weighted by atomic mass is 10.2. The maximum atomic E-state index is 12.2. The summed E-state index contributed by atoms with van der Waals surface area (Å²) in [6, 6.07) is 9.76. The quantitative estimate of drug-likeness (QED) is 0.944. The van der Waals surface area contributed by atoms with E-state index in [0.29, 0.717) is 5.13 Å². The zero-order valence-corrected chi connectivity index (χ0v) is 13.3. The molecule has 2 heterocycles. The highest BCUT2D eigenvalue weighted by Gasteiger charge is 2.21. The summed E-state index contributed by atoms with van der Waals surface area (Å²) in [5.41, 5.74) is 1.01. The van der Waals surface area contributed by atoms with Gasteiger partial charge in [-0.25, -0.2) is 4.79 Å². The summed E-state index contributed by atoms with van der Waals surface area (Å²) in [5.74, 6) is 0. The molecule has 0 unspecified atom stereocenters. The Bertz CT molecular complexity index is 622. The van der Waals surface area contributed by atoms with Gasteiger partial charge in [-0.3, -0.25) is 5.32 Å². The van der Waals surface area contributed by atoms with Crippen LogP contribution in [0.15, 0.2) is 30.3 Å². The number of nitrogens with zero attached hydrogens (tertiary/aromatic N) is 4. The van der Waals surface area contributed by atoms with Crippen LogP contribution in [0.25, 0.3) is 10.6 Å². The van der Waals surface area contributed by atoms with Crippen LogP contribution in [0.3, 0.4) is 0 Å². The topological polar surface area (TPSA) is 61.4 Å². The lowest BCUT2D eigenvalue weighted by Crippen LogP contribution is -2.49. The molecule has 22 heavy (non-hydrogen) atoms. The molecule has 1 fully saturated rings. The Hall–Kier alpha value is -1.99. The molecule has 116 valence electrons. The van der Waals surface area contributed by atoms with Gasteiger partial charge < -0.3 is 9.80 Å². The highest BCUT2D eigenvalue weighted by molar-refractivity contribution is 7.18. The van der Waals surface area contributed by atoms with Crippen molar-refractivity contribution in [2.45, 2.75) is 6.92 Å². The molecule has 0 atom stereocenters. The normalized spacial score (nSPS) is 15.8. The molecule has 1 aromatic heterocycles. The SMILES string of the molecule is CCN1CCN(C(=O)Nc2nnc(-c3ccccc3)s2)CC1. The third kappa shape index (κ3) is 3.42. The summed E-state index contributed by atoms with van der Waals surface area (Å²) < 4.78 is 0. The molecule has 2 aromatic rings. The van der Waals surface area contributed by atoms with Crippen LogP contribution >= 0.6 is 11.3 Å². The van der Waals surface area contributed by atoms with Gasteiger partial charge in [-0.2, -0.15) is 0 Å². The minimum Gasteiger partial charge on any atom is -0.322 e. The number of benzene rings is 1. The number of nitrogens with one attached hydrogen (secondary N) is 1. The van der Waals surface area contributed by atoms with Crippen LogP contribution in [0.2, 0.25) is 0 Å². The van der Waals surface area contributed by atoms with Crippen molar-refractivity contribution in [3.05, 3.63) is 30.3 Å². The Labute approximate surface area is 133 Å². The van der Waals surface area contributed by atoms with Crippen LogP contribution in [0.5, 0.6) is 0 Å². The first-order valence-electron chi connectivity index (χ1n) is 7.43. The molecule has 0 radical (unpaired) electrons. The van der Waals surface area contributed by atoms with Gasteiger partial charge in [0, 0.05) is 31.7 Å². The zero-order valence-electron chi connectivity index (χ0n) is 12.5. The predicted octanol–water partition coefficient (Wildman–Crippen LogP) is 2.37. The number of amides is 2. The second-order valence-corrected chi connectivity index (χ2v) is 6.11. The fraction of sp³-hybridized carbons (Fsp3) is 0.400. The van der Waals surface area contributed by atoms with Gasteiger partial charge in [-0.1, -0.05) is 48.6 Å². The molecule has 1 aliphatic rings. The molecular formula is C15H19N5OS. The van der Waals surface area contributed by atoms with Crippen molar-refractivity contribution >= 4 is 22.5 Å². The second-order valence-electron chi connectivity index (χ2n) is 5.13. The van der Waals surface area contributed by atoms with E-state index in [2.05, 4.69) is 27.3 Å². The smallest absolute Gasteiger partial charge is 0.322 e. The van der Waals surface area contributed by atoms with Crippen molar-refractivity contribution in [3.63, 3.8) is 0 Å². The summed E-state index contributed by atoms with van der Waals surface area (Å²) in [6.07, 6.45) is 0. The highest BCUT2D eigenvalue weighted by Crippen LogP contribution is 2.26. The maximum absolute atomic E-state index is 12.2. The van der Waals surface area contributed by atoms with Crippen LogP contribution < -0.4 is 5.32 Å². The molecule has 0 saturated carbocycles. The van der Waals surface area contributed by atoms with Crippen LogP contribution in [0, 0.1) is 0 Å². The van der Waals surface area contributed by atoms with Crippen molar-refractivity contribution in [1.29, 1.82) is 0 Å². The Kier molecular flexibility index (Phi) is 4.65. The minimum atomic E-state index is -0.0912. The number of anilines is 1. The molecule has 6 nitrogen and oxygen atoms in total. The van der Waals surface area contributed by atoms with Gasteiger partial charge in [-0.15, -0.1) is 10.2 Å². The fourth-order valence-corrected chi connectivity index (χ4v) is 3.15. The zero-order chi connectivity index (χ0) is 15.4. The molecule has 1 N–H and O–H groups in total. The number of urea groups is 1. The Morgan fingerprint density at radius 3 is 2.59 bits per heavy atom. The molecule has 7 heteroatoms. The first-order valence-corrected chi connectivity index (χ1v) is 8.25. The van der Waals surface area contributed by atoms with E-state index in [-0.39, 0.29) is 6.03 Å². The number of hydrogen-bond acceptors (Lipinski definition) is 5. The van der Waals surface area contributed by atoms with Gasteiger partial charge in [-0.05, 0) is 6.54 Å². The largest absolute Gasteiger partial charge is 0.323 e. The van der Waals surface area contributed by atoms with Crippen LogP contribution in [0.4, 0.5) is 9.93 Å². The molecule has 3 rings (SSSR count). The van der Waals surface area contributed by atoms with E-state index in [4.69, 9.17) is 0 Å². The summed E-state index contributed by atoms with van der Waals surface area (Å²) in [4.78, 5) is 16.4. The Balaban J connectivity index is 1.60. The highest BCUT2D eigenvalue weighted by atomic mass is 32.1.